The minimum Gasteiger partial charge on any atom is -0.506 e. The van der Waals surface area contributed by atoms with Crippen molar-refractivity contribution in [3.05, 3.63) is 48.0 Å². The van der Waals surface area contributed by atoms with Crippen LogP contribution in [0.5, 0.6) is 11.5 Å². The number of hydrogen-bond donors (Lipinski definition) is 2. The van der Waals surface area contributed by atoms with E-state index in [1.807, 2.05) is 0 Å². The molecule has 0 aliphatic heterocycles. The summed E-state index contributed by atoms with van der Waals surface area (Å²) in [5.41, 5.74) is 1.45. The molecule has 1 heterocycles. The highest BCUT2D eigenvalue weighted by Crippen LogP contribution is 2.25. The van der Waals surface area contributed by atoms with Crippen LogP contribution < -0.4 is 10.1 Å². The van der Waals surface area contributed by atoms with Gasteiger partial charge in [-0.3, -0.25) is 4.98 Å². The van der Waals surface area contributed by atoms with E-state index >= 15 is 0 Å². The first-order valence-corrected chi connectivity index (χ1v) is 5.40. The third-order valence-corrected chi connectivity index (χ3v) is 2.43. The average Bonchev–Trinajstić information content (AvgIpc) is 2.39. The molecule has 1 aromatic heterocycles. The summed E-state index contributed by atoms with van der Waals surface area (Å²) in [6.07, 6.45) is 1.37. The number of nitrogens with zero attached hydrogens (tertiary/aromatic N) is 1. The van der Waals surface area contributed by atoms with Crippen LogP contribution >= 0.6 is 0 Å². The maximum absolute atomic E-state index is 13.0. The van der Waals surface area contributed by atoms with Crippen molar-refractivity contribution in [1.29, 1.82) is 0 Å². The molecule has 0 saturated heterocycles. The lowest BCUT2D eigenvalue weighted by Gasteiger charge is -2.10. The predicted molar refractivity (Wildman–Crippen MR) is 66.2 cm³/mol. The number of hydrogen-bond acceptors (Lipinski definition) is 4. The van der Waals surface area contributed by atoms with Gasteiger partial charge >= 0.3 is 0 Å². The van der Waals surface area contributed by atoms with Crippen LogP contribution in [0, 0.1) is 5.82 Å². The lowest BCUT2D eigenvalue weighted by Crippen LogP contribution is -2.03. The molecule has 94 valence electrons. The molecule has 0 fully saturated rings. The largest absolute Gasteiger partial charge is 0.506 e. The topological polar surface area (TPSA) is 54.4 Å². The average molecular weight is 248 g/mol. The van der Waals surface area contributed by atoms with Gasteiger partial charge in [0.15, 0.2) is 0 Å². The zero-order valence-corrected chi connectivity index (χ0v) is 9.85. The third-order valence-electron chi connectivity index (χ3n) is 2.43. The lowest BCUT2D eigenvalue weighted by atomic mass is 10.2. The number of rotatable bonds is 4. The van der Waals surface area contributed by atoms with Crippen LogP contribution in [0.1, 0.15) is 5.69 Å². The van der Waals surface area contributed by atoms with E-state index in [4.69, 9.17) is 9.84 Å². The summed E-state index contributed by atoms with van der Waals surface area (Å²) in [6, 6.07) is 7.54. The highest BCUT2D eigenvalue weighted by molar-refractivity contribution is 5.56. The van der Waals surface area contributed by atoms with E-state index < -0.39 is 0 Å². The van der Waals surface area contributed by atoms with E-state index in [0.717, 1.165) is 5.69 Å². The molecule has 0 spiro atoms. The second kappa shape index (κ2) is 5.35. The summed E-state index contributed by atoms with van der Waals surface area (Å²) in [4.78, 5) is 4.04. The fourth-order valence-electron chi connectivity index (χ4n) is 1.52. The summed E-state index contributed by atoms with van der Waals surface area (Å²) in [6.45, 7) is 0.461. The number of methoxy groups -OCH3 is 1. The van der Waals surface area contributed by atoms with Gasteiger partial charge in [-0.2, -0.15) is 0 Å². The Morgan fingerprint density at radius 3 is 2.83 bits per heavy atom. The molecule has 4 nitrogen and oxygen atoms in total. The Morgan fingerprint density at radius 1 is 1.33 bits per heavy atom. The van der Waals surface area contributed by atoms with Crippen molar-refractivity contribution in [1.82, 2.24) is 4.98 Å². The van der Waals surface area contributed by atoms with Crippen LogP contribution in [0.25, 0.3) is 0 Å². The standard InChI is InChI=1S/C13H13FN2O2/c1-18-13-6-9(14)2-5-12(13)16-7-10-3-4-11(17)8-15-10/h2-6,8,16-17H,7H2,1H3. The zero-order chi connectivity index (χ0) is 13.0. The van der Waals surface area contributed by atoms with E-state index in [1.165, 1.54) is 25.4 Å². The van der Waals surface area contributed by atoms with Crippen molar-refractivity contribution >= 4 is 5.69 Å². The smallest absolute Gasteiger partial charge is 0.144 e. The molecule has 2 rings (SSSR count). The predicted octanol–water partition coefficient (Wildman–Crippen LogP) is 2.55. The van der Waals surface area contributed by atoms with Crippen LogP contribution in [-0.2, 0) is 6.54 Å². The fraction of sp³-hybridized carbons (Fsp3) is 0.154. The first-order chi connectivity index (χ1) is 8.69. The fourth-order valence-corrected chi connectivity index (χ4v) is 1.52. The maximum atomic E-state index is 13.0. The Hall–Kier alpha value is -2.30. The molecule has 0 bridgehead atoms. The molecule has 0 aliphatic carbocycles. The lowest BCUT2D eigenvalue weighted by molar-refractivity contribution is 0.413. The number of aromatic nitrogens is 1. The van der Waals surface area contributed by atoms with Crippen LogP contribution in [-0.4, -0.2) is 17.2 Å². The number of anilines is 1. The minimum atomic E-state index is -0.347. The number of aromatic hydroxyl groups is 1. The van der Waals surface area contributed by atoms with E-state index in [9.17, 15) is 4.39 Å². The molecule has 0 unspecified atom stereocenters. The van der Waals surface area contributed by atoms with E-state index in [1.54, 1.807) is 18.2 Å². The number of benzene rings is 1. The second-order valence-electron chi connectivity index (χ2n) is 3.71. The highest BCUT2D eigenvalue weighted by atomic mass is 19.1. The molecule has 0 amide bonds. The van der Waals surface area contributed by atoms with Gasteiger partial charge in [-0.25, -0.2) is 4.39 Å². The maximum Gasteiger partial charge on any atom is 0.144 e. The molecule has 0 saturated carbocycles. The molecular formula is C13H13FN2O2. The van der Waals surface area contributed by atoms with Gasteiger partial charge in [0.05, 0.1) is 31.2 Å². The normalized spacial score (nSPS) is 10.1. The van der Waals surface area contributed by atoms with Gasteiger partial charge in [-0.15, -0.1) is 0 Å². The molecule has 18 heavy (non-hydrogen) atoms. The molecule has 2 N–H and O–H groups in total. The first-order valence-electron chi connectivity index (χ1n) is 5.40. The molecule has 2 aromatic rings. The number of nitrogens with one attached hydrogen (secondary N) is 1. The molecule has 1 aromatic carbocycles. The van der Waals surface area contributed by atoms with Gasteiger partial charge in [-0.05, 0) is 24.3 Å². The summed E-state index contributed by atoms with van der Waals surface area (Å²) < 4.78 is 18.1. The van der Waals surface area contributed by atoms with Crippen molar-refractivity contribution in [3.8, 4) is 11.5 Å². The number of halogens is 1. The summed E-state index contributed by atoms with van der Waals surface area (Å²) >= 11 is 0. The summed E-state index contributed by atoms with van der Waals surface area (Å²) in [5.74, 6) is 0.215. The molecule has 5 heteroatoms. The third kappa shape index (κ3) is 2.88. The SMILES string of the molecule is COc1cc(F)ccc1NCc1ccc(O)cn1. The van der Waals surface area contributed by atoms with Gasteiger partial charge in [0.25, 0.3) is 0 Å². The molecule has 0 atom stereocenters. The molecular weight excluding hydrogens is 235 g/mol. The van der Waals surface area contributed by atoms with Gasteiger partial charge < -0.3 is 15.2 Å². The Bertz CT molecular complexity index is 529. The van der Waals surface area contributed by atoms with Crippen molar-refractivity contribution in [2.75, 3.05) is 12.4 Å². The quantitative estimate of drug-likeness (QED) is 0.873. The second-order valence-corrected chi connectivity index (χ2v) is 3.71. The van der Waals surface area contributed by atoms with E-state index in [-0.39, 0.29) is 11.6 Å². The monoisotopic (exact) mass is 248 g/mol. The number of pyridine rings is 1. The Balaban J connectivity index is 2.08. The van der Waals surface area contributed by atoms with Gasteiger partial charge in [0, 0.05) is 6.07 Å². The van der Waals surface area contributed by atoms with Gasteiger partial charge in [-0.1, -0.05) is 0 Å². The van der Waals surface area contributed by atoms with E-state index in [2.05, 4.69) is 10.3 Å². The van der Waals surface area contributed by atoms with Crippen LogP contribution in [0.15, 0.2) is 36.5 Å². The number of ether oxygens (including phenoxy) is 1. The van der Waals surface area contributed by atoms with Crippen molar-refractivity contribution in [2.45, 2.75) is 6.54 Å². The van der Waals surface area contributed by atoms with Crippen molar-refractivity contribution in [3.63, 3.8) is 0 Å². The van der Waals surface area contributed by atoms with E-state index in [0.29, 0.717) is 18.0 Å². The first kappa shape index (κ1) is 12.2. The minimum absolute atomic E-state index is 0.123. The zero-order valence-electron chi connectivity index (χ0n) is 9.85. The van der Waals surface area contributed by atoms with Crippen LogP contribution in [0.4, 0.5) is 10.1 Å². The van der Waals surface area contributed by atoms with Gasteiger partial charge in [0.1, 0.15) is 17.3 Å². The molecule has 0 radical (unpaired) electrons. The van der Waals surface area contributed by atoms with Crippen molar-refractivity contribution < 1.29 is 14.2 Å². The summed E-state index contributed by atoms with van der Waals surface area (Å²) in [7, 11) is 1.48. The van der Waals surface area contributed by atoms with Crippen LogP contribution in [0.2, 0.25) is 0 Å². The van der Waals surface area contributed by atoms with Crippen molar-refractivity contribution in [2.24, 2.45) is 0 Å². The molecule has 0 aliphatic rings. The Kier molecular flexibility index (Phi) is 3.62. The van der Waals surface area contributed by atoms with Crippen LogP contribution in [0.3, 0.4) is 0 Å². The summed E-state index contributed by atoms with van der Waals surface area (Å²) in [5, 5.41) is 12.2. The Morgan fingerprint density at radius 2 is 2.17 bits per heavy atom. The Labute approximate surface area is 104 Å². The van der Waals surface area contributed by atoms with Gasteiger partial charge in [0.2, 0.25) is 0 Å². The highest BCUT2D eigenvalue weighted by Gasteiger charge is 2.04.